The molecule has 0 unspecified atom stereocenters. The summed E-state index contributed by atoms with van der Waals surface area (Å²) < 4.78 is 2.07. The van der Waals surface area contributed by atoms with E-state index >= 15 is 0 Å². The molecule has 0 fully saturated rings. The van der Waals surface area contributed by atoms with Crippen LogP contribution in [-0.4, -0.2) is 27.0 Å². The third-order valence-corrected chi connectivity index (χ3v) is 3.42. The number of hydrogen-bond donors (Lipinski definition) is 3. The molecule has 0 atom stereocenters. The lowest BCUT2D eigenvalue weighted by Gasteiger charge is -2.08. The van der Waals surface area contributed by atoms with E-state index in [0.717, 1.165) is 27.8 Å². The van der Waals surface area contributed by atoms with Gasteiger partial charge >= 0.3 is 0 Å². The van der Waals surface area contributed by atoms with Crippen molar-refractivity contribution in [1.82, 2.24) is 14.5 Å². The highest BCUT2D eigenvalue weighted by Gasteiger charge is 2.14. The lowest BCUT2D eigenvalue weighted by Crippen LogP contribution is -2.23. The number of guanidine groups is 1. The average Bonchev–Trinajstić information content (AvgIpc) is 2.77. The van der Waals surface area contributed by atoms with Crippen molar-refractivity contribution in [3.63, 3.8) is 0 Å². The van der Waals surface area contributed by atoms with Gasteiger partial charge in [-0.3, -0.25) is 4.99 Å². The Hall–Kier alpha value is -2.83. The van der Waals surface area contributed by atoms with E-state index in [4.69, 9.17) is 17.2 Å². The van der Waals surface area contributed by atoms with Crippen LogP contribution in [0.3, 0.4) is 0 Å². The molecule has 7 heteroatoms. The number of para-hydroxylation sites is 1. The number of nitrogens with zero attached hydrogens (tertiary/aromatic N) is 4. The van der Waals surface area contributed by atoms with Gasteiger partial charge in [-0.15, -0.1) is 0 Å². The molecule has 3 aromatic rings. The molecule has 21 heavy (non-hydrogen) atoms. The summed E-state index contributed by atoms with van der Waals surface area (Å²) in [6.07, 6.45) is 0. The maximum absolute atomic E-state index is 6.03. The van der Waals surface area contributed by atoms with Crippen LogP contribution in [0.25, 0.3) is 21.9 Å². The fourth-order valence-electron chi connectivity index (χ4n) is 2.52. The largest absolute Gasteiger partial charge is 0.382 e. The van der Waals surface area contributed by atoms with Crippen molar-refractivity contribution in [3.05, 3.63) is 30.1 Å². The highest BCUT2D eigenvalue weighted by Crippen LogP contribution is 2.28. The zero-order chi connectivity index (χ0) is 15.0. The summed E-state index contributed by atoms with van der Waals surface area (Å²) in [4.78, 5) is 13.0. The first-order chi connectivity index (χ1) is 10.1. The minimum absolute atomic E-state index is 0.0862. The number of benzene rings is 1. The number of nitrogens with two attached hydrogens (primary N) is 3. The smallest absolute Gasteiger partial charge is 0.185 e. The van der Waals surface area contributed by atoms with Gasteiger partial charge < -0.3 is 21.8 Å². The maximum Gasteiger partial charge on any atom is 0.185 e. The summed E-state index contributed by atoms with van der Waals surface area (Å²) in [5.41, 5.74) is 19.3. The Morgan fingerprint density at radius 1 is 1.24 bits per heavy atom. The highest BCUT2D eigenvalue weighted by atomic mass is 15.1. The topological polar surface area (TPSA) is 121 Å². The zero-order valence-corrected chi connectivity index (χ0v) is 11.7. The van der Waals surface area contributed by atoms with Crippen molar-refractivity contribution in [3.8, 4) is 0 Å². The normalized spacial score (nSPS) is 11.1. The predicted octanol–water partition coefficient (Wildman–Crippen LogP) is 0.749. The molecule has 2 heterocycles. The van der Waals surface area contributed by atoms with Crippen LogP contribution in [0.5, 0.6) is 0 Å². The Labute approximate surface area is 121 Å². The number of aromatic nitrogens is 3. The molecule has 0 radical (unpaired) electrons. The third kappa shape index (κ3) is 2.22. The summed E-state index contributed by atoms with van der Waals surface area (Å²) >= 11 is 0. The van der Waals surface area contributed by atoms with Crippen LogP contribution in [-0.2, 0) is 6.54 Å². The van der Waals surface area contributed by atoms with Crippen molar-refractivity contribution in [2.45, 2.75) is 13.5 Å². The van der Waals surface area contributed by atoms with Gasteiger partial charge in [-0.05, 0) is 13.0 Å². The average molecular weight is 283 g/mol. The Morgan fingerprint density at radius 2 is 2.00 bits per heavy atom. The second-order valence-corrected chi connectivity index (χ2v) is 4.83. The van der Waals surface area contributed by atoms with Gasteiger partial charge in [-0.1, -0.05) is 18.2 Å². The SMILES string of the molecule is Cc1nc2c(N)nc3ccccc3c2n1CCN=C(N)N. The number of hydrogen-bond acceptors (Lipinski definition) is 4. The molecule has 0 aliphatic carbocycles. The quantitative estimate of drug-likeness (QED) is 0.483. The van der Waals surface area contributed by atoms with E-state index in [-0.39, 0.29) is 5.96 Å². The van der Waals surface area contributed by atoms with E-state index in [9.17, 15) is 0 Å². The lowest BCUT2D eigenvalue weighted by molar-refractivity contribution is 0.705. The van der Waals surface area contributed by atoms with E-state index in [1.165, 1.54) is 0 Å². The molecule has 2 aromatic heterocycles. The fourth-order valence-corrected chi connectivity index (χ4v) is 2.52. The zero-order valence-electron chi connectivity index (χ0n) is 11.7. The molecule has 0 bridgehead atoms. The van der Waals surface area contributed by atoms with Crippen LogP contribution < -0.4 is 17.2 Å². The Morgan fingerprint density at radius 3 is 2.76 bits per heavy atom. The van der Waals surface area contributed by atoms with Crippen LogP contribution in [0.4, 0.5) is 5.82 Å². The number of fused-ring (bicyclic) bond motifs is 3. The van der Waals surface area contributed by atoms with Crippen LogP contribution in [0.15, 0.2) is 29.3 Å². The molecule has 108 valence electrons. The van der Waals surface area contributed by atoms with Gasteiger partial charge in [0, 0.05) is 11.9 Å². The number of anilines is 1. The van der Waals surface area contributed by atoms with Gasteiger partial charge in [0.1, 0.15) is 11.3 Å². The van der Waals surface area contributed by atoms with E-state index in [0.29, 0.717) is 18.9 Å². The standard InChI is InChI=1S/C14H17N7/c1-8-19-11-12(21(8)7-6-18-14(16)17)9-4-2-3-5-10(9)20-13(11)15/h2-5H,6-7H2,1H3,(H2,15,20)(H4,16,17,18). The van der Waals surface area contributed by atoms with Crippen LogP contribution >= 0.6 is 0 Å². The fraction of sp³-hybridized carbons (Fsp3) is 0.214. The van der Waals surface area contributed by atoms with Gasteiger partial charge in [-0.2, -0.15) is 0 Å². The number of nitrogen functional groups attached to an aromatic ring is 1. The number of imidazole rings is 1. The number of aryl methyl sites for hydroxylation is 1. The van der Waals surface area contributed by atoms with Gasteiger partial charge in [-0.25, -0.2) is 9.97 Å². The van der Waals surface area contributed by atoms with Crippen molar-refractivity contribution in [2.75, 3.05) is 12.3 Å². The summed E-state index contributed by atoms with van der Waals surface area (Å²) in [6, 6.07) is 7.87. The maximum atomic E-state index is 6.03. The second-order valence-electron chi connectivity index (χ2n) is 4.83. The number of pyridine rings is 1. The van der Waals surface area contributed by atoms with E-state index in [2.05, 4.69) is 19.5 Å². The van der Waals surface area contributed by atoms with Gasteiger partial charge in [0.05, 0.1) is 17.6 Å². The molecule has 0 aliphatic heterocycles. The molecule has 3 rings (SSSR count). The van der Waals surface area contributed by atoms with Gasteiger partial charge in [0.2, 0.25) is 0 Å². The molecule has 1 aromatic carbocycles. The van der Waals surface area contributed by atoms with Crippen molar-refractivity contribution >= 4 is 33.7 Å². The molecule has 0 saturated carbocycles. The first-order valence-electron chi connectivity index (χ1n) is 6.64. The first kappa shape index (κ1) is 13.2. The first-order valence-corrected chi connectivity index (χ1v) is 6.64. The minimum atomic E-state index is 0.0862. The van der Waals surface area contributed by atoms with Gasteiger partial charge in [0.25, 0.3) is 0 Å². The van der Waals surface area contributed by atoms with Crippen molar-refractivity contribution < 1.29 is 0 Å². The highest BCUT2D eigenvalue weighted by molar-refractivity contribution is 6.06. The molecule has 0 amide bonds. The minimum Gasteiger partial charge on any atom is -0.382 e. The Kier molecular flexibility index (Phi) is 3.09. The van der Waals surface area contributed by atoms with Crippen molar-refractivity contribution in [1.29, 1.82) is 0 Å². The van der Waals surface area contributed by atoms with Crippen LogP contribution in [0.2, 0.25) is 0 Å². The molecular formula is C14H17N7. The summed E-state index contributed by atoms with van der Waals surface area (Å²) in [5, 5.41) is 1.02. The molecule has 0 aliphatic rings. The summed E-state index contributed by atoms with van der Waals surface area (Å²) in [7, 11) is 0. The van der Waals surface area contributed by atoms with Crippen LogP contribution in [0, 0.1) is 6.92 Å². The predicted molar refractivity (Wildman–Crippen MR) is 84.9 cm³/mol. The summed E-state index contributed by atoms with van der Waals surface area (Å²) in [6.45, 7) is 3.06. The Balaban J connectivity index is 2.23. The Bertz CT molecular complexity index is 843. The van der Waals surface area contributed by atoms with E-state index in [1.807, 2.05) is 31.2 Å². The lowest BCUT2D eigenvalue weighted by atomic mass is 10.2. The molecule has 0 spiro atoms. The van der Waals surface area contributed by atoms with E-state index < -0.39 is 0 Å². The number of rotatable bonds is 3. The van der Waals surface area contributed by atoms with Crippen molar-refractivity contribution in [2.24, 2.45) is 16.5 Å². The second kappa shape index (κ2) is 4.93. The monoisotopic (exact) mass is 283 g/mol. The van der Waals surface area contributed by atoms with E-state index in [1.54, 1.807) is 0 Å². The van der Waals surface area contributed by atoms with Gasteiger partial charge in [0.15, 0.2) is 11.8 Å². The molecule has 0 saturated heterocycles. The molecular weight excluding hydrogens is 266 g/mol. The van der Waals surface area contributed by atoms with Crippen LogP contribution in [0.1, 0.15) is 5.82 Å². The summed E-state index contributed by atoms with van der Waals surface area (Å²) in [5.74, 6) is 1.39. The third-order valence-electron chi connectivity index (χ3n) is 3.42. The number of aliphatic imine (C=N–C) groups is 1. The molecule has 7 nitrogen and oxygen atoms in total. The molecule has 6 N–H and O–H groups in total.